The van der Waals surface area contributed by atoms with Crippen molar-refractivity contribution in [2.75, 3.05) is 13.2 Å². The average molecular weight is 392 g/mol. The molecule has 0 heterocycles. The zero-order valence-electron chi connectivity index (χ0n) is 17.2. The van der Waals surface area contributed by atoms with Gasteiger partial charge in [0.1, 0.15) is 0 Å². The van der Waals surface area contributed by atoms with Crippen LogP contribution in [-0.4, -0.2) is 28.1 Å². The standard InChI is InChI=1S/C22H33NO3S/c1-18(11-12-21-20(3)10-7-14-22(21,4)5)8-6-9-19(2)13-15-23-16-17-26-27(24)25/h6,8-9,11-13,15H,7,10,14,16-17H2,1-5H3,(H,24,25)/b9-6+,12-11+,18-8+,19-13+,23-15?. The molecule has 0 aromatic carbocycles. The molecule has 0 saturated carbocycles. The maximum absolute atomic E-state index is 10.3. The molecule has 1 aliphatic rings. The van der Waals surface area contributed by atoms with Crippen LogP contribution in [-0.2, 0) is 15.5 Å². The first kappa shape index (κ1) is 23.5. The van der Waals surface area contributed by atoms with Crippen molar-refractivity contribution in [3.63, 3.8) is 0 Å². The van der Waals surface area contributed by atoms with Gasteiger partial charge >= 0.3 is 11.4 Å². The first-order valence-electron chi connectivity index (χ1n) is 9.36. The van der Waals surface area contributed by atoms with Gasteiger partial charge in [-0.2, -0.15) is 4.21 Å². The van der Waals surface area contributed by atoms with E-state index in [2.05, 4.69) is 55.1 Å². The highest BCUT2D eigenvalue weighted by Gasteiger charge is 2.26. The Morgan fingerprint density at radius 2 is 1.96 bits per heavy atom. The lowest BCUT2D eigenvalue weighted by Gasteiger charge is -2.32. The summed E-state index contributed by atoms with van der Waals surface area (Å²) in [5, 5.41) is 0. The maximum atomic E-state index is 10.3. The fraction of sp³-hybridized carbons (Fsp3) is 0.500. The molecule has 4 nitrogen and oxygen atoms in total. The van der Waals surface area contributed by atoms with Gasteiger partial charge in [0.05, 0.1) is 13.2 Å². The van der Waals surface area contributed by atoms with E-state index in [1.807, 2.05) is 25.2 Å². The molecule has 0 amide bonds. The number of aliphatic imine (C=N–C) groups is 1. The van der Waals surface area contributed by atoms with Gasteiger partial charge in [0.2, 0.25) is 0 Å². The molecule has 0 aromatic heterocycles. The molecule has 0 aliphatic heterocycles. The lowest BCUT2D eigenvalue weighted by atomic mass is 9.72. The summed E-state index contributed by atoms with van der Waals surface area (Å²) in [5.41, 5.74) is 5.55. The Labute approximate surface area is 167 Å². The second-order valence-electron chi connectivity index (χ2n) is 7.54. The van der Waals surface area contributed by atoms with Crippen molar-refractivity contribution in [3.05, 3.63) is 58.7 Å². The van der Waals surface area contributed by atoms with Gasteiger partial charge in [0.15, 0.2) is 0 Å². The summed E-state index contributed by atoms with van der Waals surface area (Å²) in [6.45, 7) is 11.5. The van der Waals surface area contributed by atoms with Gasteiger partial charge in [0.25, 0.3) is 0 Å². The van der Waals surface area contributed by atoms with Gasteiger partial charge in [-0.25, -0.2) is 0 Å². The molecule has 1 rings (SSSR count). The molecule has 1 aliphatic carbocycles. The van der Waals surface area contributed by atoms with Crippen molar-refractivity contribution in [1.29, 1.82) is 0 Å². The van der Waals surface area contributed by atoms with Gasteiger partial charge in [0, 0.05) is 6.21 Å². The summed E-state index contributed by atoms with van der Waals surface area (Å²) < 4.78 is 23.2. The van der Waals surface area contributed by atoms with Crippen LogP contribution >= 0.6 is 0 Å². The van der Waals surface area contributed by atoms with Crippen LogP contribution in [0.25, 0.3) is 0 Å². The van der Waals surface area contributed by atoms with Gasteiger partial charge in [-0.1, -0.05) is 55.4 Å². The highest BCUT2D eigenvalue weighted by atomic mass is 32.2. The van der Waals surface area contributed by atoms with Crippen molar-refractivity contribution >= 4 is 17.6 Å². The van der Waals surface area contributed by atoms with Crippen LogP contribution in [0.1, 0.15) is 53.9 Å². The molecule has 1 atom stereocenters. The molecule has 0 saturated heterocycles. The van der Waals surface area contributed by atoms with Crippen molar-refractivity contribution in [2.24, 2.45) is 10.4 Å². The molecule has 0 aromatic rings. The maximum Gasteiger partial charge on any atom is 0.301 e. The van der Waals surface area contributed by atoms with E-state index in [0.29, 0.717) is 6.54 Å². The summed E-state index contributed by atoms with van der Waals surface area (Å²) in [5.74, 6) is 0. The van der Waals surface area contributed by atoms with Crippen molar-refractivity contribution in [1.82, 2.24) is 0 Å². The third kappa shape index (κ3) is 9.80. The topological polar surface area (TPSA) is 58.9 Å². The number of nitrogens with zero attached hydrogens (tertiary/aromatic N) is 1. The van der Waals surface area contributed by atoms with Crippen molar-refractivity contribution in [3.8, 4) is 0 Å². The largest absolute Gasteiger partial charge is 0.301 e. The monoisotopic (exact) mass is 391 g/mol. The van der Waals surface area contributed by atoms with E-state index in [0.717, 1.165) is 5.57 Å². The predicted molar refractivity (Wildman–Crippen MR) is 116 cm³/mol. The second kappa shape index (κ2) is 12.0. The van der Waals surface area contributed by atoms with E-state index < -0.39 is 11.4 Å². The molecule has 0 fully saturated rings. The summed E-state index contributed by atoms with van der Waals surface area (Å²) in [4.78, 5) is 4.09. The molecule has 0 bridgehead atoms. The lowest BCUT2D eigenvalue weighted by molar-refractivity contribution is 0.316. The molecule has 1 N–H and O–H groups in total. The Morgan fingerprint density at radius 1 is 1.26 bits per heavy atom. The minimum atomic E-state index is -2.21. The summed E-state index contributed by atoms with van der Waals surface area (Å²) in [7, 11) is 0. The van der Waals surface area contributed by atoms with Gasteiger partial charge < -0.3 is 0 Å². The molecule has 0 spiro atoms. The molecular weight excluding hydrogens is 358 g/mol. The summed E-state index contributed by atoms with van der Waals surface area (Å²) in [6.07, 6.45) is 18.0. The van der Waals surface area contributed by atoms with Crippen LogP contribution in [0.15, 0.2) is 63.7 Å². The van der Waals surface area contributed by atoms with Gasteiger partial charge in [-0.15, -0.1) is 0 Å². The SMILES string of the molecule is CC1=C(/C=C/C(C)=C/C=C/C(C)=C/C=NCCOS(=O)O)C(C)(C)CCC1. The minimum Gasteiger partial charge on any atom is -0.291 e. The average Bonchev–Trinajstić information content (AvgIpc) is 2.56. The molecule has 1 unspecified atom stereocenters. The van der Waals surface area contributed by atoms with Crippen LogP contribution in [0, 0.1) is 5.41 Å². The van der Waals surface area contributed by atoms with Gasteiger partial charge in [-0.05, 0) is 62.7 Å². The molecule has 27 heavy (non-hydrogen) atoms. The zero-order chi connectivity index (χ0) is 20.3. The first-order chi connectivity index (χ1) is 12.7. The van der Waals surface area contributed by atoms with E-state index in [-0.39, 0.29) is 12.0 Å². The Morgan fingerprint density at radius 3 is 2.63 bits per heavy atom. The predicted octanol–water partition coefficient (Wildman–Crippen LogP) is 5.74. The Balaban J connectivity index is 2.56. The smallest absolute Gasteiger partial charge is 0.291 e. The van der Waals surface area contributed by atoms with Crippen LogP contribution in [0.5, 0.6) is 0 Å². The number of allylic oxidation sites excluding steroid dienone is 10. The van der Waals surface area contributed by atoms with E-state index >= 15 is 0 Å². The number of rotatable bonds is 9. The van der Waals surface area contributed by atoms with Crippen LogP contribution in [0.3, 0.4) is 0 Å². The van der Waals surface area contributed by atoms with Crippen LogP contribution in [0.2, 0.25) is 0 Å². The molecule has 0 radical (unpaired) electrons. The fourth-order valence-corrected chi connectivity index (χ4v) is 3.31. The van der Waals surface area contributed by atoms with E-state index in [1.54, 1.807) is 6.21 Å². The summed E-state index contributed by atoms with van der Waals surface area (Å²) in [6, 6.07) is 0. The van der Waals surface area contributed by atoms with Crippen molar-refractivity contribution in [2.45, 2.75) is 53.9 Å². The van der Waals surface area contributed by atoms with Gasteiger partial charge in [-0.3, -0.25) is 13.7 Å². The summed E-state index contributed by atoms with van der Waals surface area (Å²) >= 11 is -2.21. The van der Waals surface area contributed by atoms with E-state index in [1.165, 1.54) is 36.0 Å². The molecular formula is C22H33NO3S. The third-order valence-corrected chi connectivity index (χ3v) is 4.99. The van der Waals surface area contributed by atoms with Crippen molar-refractivity contribution < 1.29 is 12.9 Å². The first-order valence-corrected chi connectivity index (χ1v) is 10.4. The quantitative estimate of drug-likeness (QED) is 0.236. The highest BCUT2D eigenvalue weighted by molar-refractivity contribution is 7.74. The lowest BCUT2D eigenvalue weighted by Crippen LogP contribution is -2.19. The molecule has 150 valence electrons. The second-order valence-corrected chi connectivity index (χ2v) is 8.21. The Hall–Kier alpha value is -1.56. The number of hydrogen-bond acceptors (Lipinski definition) is 3. The Bertz CT molecular complexity index is 694. The normalized spacial score (nSPS) is 20.4. The Kier molecular flexibility index (Phi) is 10.4. The van der Waals surface area contributed by atoms with E-state index in [9.17, 15) is 4.21 Å². The fourth-order valence-electron chi connectivity index (χ4n) is 3.09. The van der Waals surface area contributed by atoms with E-state index in [4.69, 9.17) is 4.55 Å². The minimum absolute atomic E-state index is 0.128. The van der Waals surface area contributed by atoms with Crippen LogP contribution < -0.4 is 0 Å². The number of hydrogen-bond donors (Lipinski definition) is 1. The zero-order valence-corrected chi connectivity index (χ0v) is 18.0. The highest BCUT2D eigenvalue weighted by Crippen LogP contribution is 2.40. The van der Waals surface area contributed by atoms with Crippen LogP contribution in [0.4, 0.5) is 0 Å². The molecule has 5 heteroatoms. The third-order valence-electron chi connectivity index (χ3n) is 4.62.